The Labute approximate surface area is 179 Å². The van der Waals surface area contributed by atoms with Crippen LogP contribution in [0.25, 0.3) is 21.9 Å². The molecule has 31 heavy (non-hydrogen) atoms. The van der Waals surface area contributed by atoms with E-state index < -0.39 is 0 Å². The number of para-hydroxylation sites is 1. The number of hydrogen-bond donors (Lipinski definition) is 3. The van der Waals surface area contributed by atoms with Crippen molar-refractivity contribution in [2.24, 2.45) is 0 Å². The zero-order valence-electron chi connectivity index (χ0n) is 16.2. The molecule has 1 aliphatic rings. The van der Waals surface area contributed by atoms with Gasteiger partial charge in [-0.2, -0.15) is 5.10 Å². The molecule has 0 fully saturated rings. The molecule has 3 N–H and O–H groups in total. The van der Waals surface area contributed by atoms with Crippen molar-refractivity contribution in [2.45, 2.75) is 13.1 Å². The third-order valence-electron chi connectivity index (χ3n) is 5.25. The summed E-state index contributed by atoms with van der Waals surface area (Å²) in [6.07, 6.45) is 6.97. The maximum Gasteiger partial charge on any atom is 0.325 e. The molecular formula is C20H17N9OS. The number of thiazole rings is 1. The van der Waals surface area contributed by atoms with E-state index in [4.69, 9.17) is 0 Å². The van der Waals surface area contributed by atoms with Gasteiger partial charge in [0, 0.05) is 29.2 Å². The van der Waals surface area contributed by atoms with Gasteiger partial charge in [0.1, 0.15) is 17.4 Å². The summed E-state index contributed by atoms with van der Waals surface area (Å²) in [6.45, 7) is 2.22. The van der Waals surface area contributed by atoms with Crippen LogP contribution in [0.5, 0.6) is 0 Å². The smallest absolute Gasteiger partial charge is 0.325 e. The minimum Gasteiger partial charge on any atom is -0.359 e. The Morgan fingerprint density at radius 3 is 3.06 bits per heavy atom. The number of H-pyrrole nitrogens is 1. The zero-order chi connectivity index (χ0) is 20.8. The highest BCUT2D eigenvalue weighted by atomic mass is 32.1. The number of amides is 2. The Bertz CT molecular complexity index is 1420. The maximum atomic E-state index is 12.5. The SMILES string of the molecule is O=C(Nc1ncc(CN2CCn3ncc4ncnc2c43)s1)Nc1cccc2cc[nH]c12. The van der Waals surface area contributed by atoms with Gasteiger partial charge in [0.05, 0.1) is 30.5 Å². The molecule has 5 heterocycles. The van der Waals surface area contributed by atoms with Gasteiger partial charge in [0.25, 0.3) is 0 Å². The fourth-order valence-corrected chi connectivity index (χ4v) is 4.67. The van der Waals surface area contributed by atoms with E-state index in [1.807, 2.05) is 35.1 Å². The molecule has 154 valence electrons. The molecule has 0 atom stereocenters. The molecular weight excluding hydrogens is 414 g/mol. The van der Waals surface area contributed by atoms with Crippen molar-refractivity contribution >= 4 is 55.9 Å². The largest absolute Gasteiger partial charge is 0.359 e. The first-order chi connectivity index (χ1) is 15.2. The lowest BCUT2D eigenvalue weighted by Gasteiger charge is -2.27. The van der Waals surface area contributed by atoms with E-state index in [1.54, 1.807) is 18.7 Å². The summed E-state index contributed by atoms with van der Waals surface area (Å²) in [5.74, 6) is 0.869. The molecule has 0 unspecified atom stereocenters. The van der Waals surface area contributed by atoms with E-state index in [9.17, 15) is 4.79 Å². The lowest BCUT2D eigenvalue weighted by atomic mass is 10.2. The molecule has 0 saturated heterocycles. The lowest BCUT2D eigenvalue weighted by molar-refractivity contribution is 0.262. The average Bonchev–Trinajstić information content (AvgIpc) is 3.51. The third-order valence-corrected chi connectivity index (χ3v) is 6.14. The molecule has 6 rings (SSSR count). The number of benzene rings is 1. The maximum absolute atomic E-state index is 12.5. The van der Waals surface area contributed by atoms with Gasteiger partial charge in [0.2, 0.25) is 0 Å². The molecule has 2 amide bonds. The highest BCUT2D eigenvalue weighted by molar-refractivity contribution is 7.15. The van der Waals surface area contributed by atoms with Gasteiger partial charge >= 0.3 is 6.03 Å². The van der Waals surface area contributed by atoms with Gasteiger partial charge in [-0.15, -0.1) is 0 Å². The molecule has 1 aliphatic heterocycles. The van der Waals surface area contributed by atoms with Crippen LogP contribution in [0, 0.1) is 0 Å². The number of nitrogens with zero attached hydrogens (tertiary/aromatic N) is 6. The van der Waals surface area contributed by atoms with E-state index in [0.717, 1.165) is 51.4 Å². The monoisotopic (exact) mass is 431 g/mol. The Morgan fingerprint density at radius 2 is 2.10 bits per heavy atom. The van der Waals surface area contributed by atoms with Crippen LogP contribution in [0.4, 0.5) is 21.4 Å². The first-order valence-corrected chi connectivity index (χ1v) is 10.6. The molecule has 0 radical (unpaired) electrons. The summed E-state index contributed by atoms with van der Waals surface area (Å²) in [7, 11) is 0. The molecule has 0 saturated carbocycles. The predicted octanol–water partition coefficient (Wildman–Crippen LogP) is 3.43. The third kappa shape index (κ3) is 3.15. The molecule has 0 spiro atoms. The van der Waals surface area contributed by atoms with Gasteiger partial charge < -0.3 is 15.2 Å². The topological polar surface area (TPSA) is 117 Å². The number of urea groups is 1. The van der Waals surface area contributed by atoms with Crippen LogP contribution < -0.4 is 15.5 Å². The second-order valence-electron chi connectivity index (χ2n) is 7.18. The van der Waals surface area contributed by atoms with Crippen molar-refractivity contribution in [3.05, 3.63) is 54.1 Å². The van der Waals surface area contributed by atoms with Crippen LogP contribution in [-0.4, -0.2) is 42.3 Å². The van der Waals surface area contributed by atoms with Gasteiger partial charge in [-0.1, -0.05) is 23.5 Å². The number of nitrogens with one attached hydrogen (secondary N) is 3. The van der Waals surface area contributed by atoms with Crippen LogP contribution in [0.15, 0.2) is 49.2 Å². The summed E-state index contributed by atoms with van der Waals surface area (Å²) in [5, 5.41) is 11.7. The number of hydrogen-bond acceptors (Lipinski definition) is 7. The summed E-state index contributed by atoms with van der Waals surface area (Å²) < 4.78 is 1.94. The number of aromatic amines is 1. The molecule has 11 heteroatoms. The molecule has 4 aromatic heterocycles. The molecule has 10 nitrogen and oxygen atoms in total. The number of anilines is 3. The number of carbonyl (C=O) groups is 1. The average molecular weight is 431 g/mol. The standard InChI is InChI=1S/C20H17N9OS/c30-19(26-14-3-1-2-12-4-5-21-16(12)14)27-20-22-8-13(31-20)10-28-6-7-29-17-15(9-25-29)23-11-24-18(17)28/h1-5,8-9,11,21H,6-7,10H2,(H2,22,26,27,30). The van der Waals surface area contributed by atoms with Crippen LogP contribution >= 0.6 is 11.3 Å². The number of rotatable bonds is 4. The minimum absolute atomic E-state index is 0.331. The molecule has 0 aliphatic carbocycles. The van der Waals surface area contributed by atoms with Crippen molar-refractivity contribution in [1.29, 1.82) is 0 Å². The summed E-state index contributed by atoms with van der Waals surface area (Å²) in [5.41, 5.74) is 3.40. The van der Waals surface area contributed by atoms with Crippen molar-refractivity contribution in [3.8, 4) is 0 Å². The van der Waals surface area contributed by atoms with E-state index in [1.165, 1.54) is 11.3 Å². The van der Waals surface area contributed by atoms with Crippen LogP contribution in [0.1, 0.15) is 4.88 Å². The van der Waals surface area contributed by atoms with E-state index in [2.05, 4.69) is 40.6 Å². The molecule has 5 aromatic rings. The summed E-state index contributed by atoms with van der Waals surface area (Å²) in [6, 6.07) is 7.38. The highest BCUT2D eigenvalue weighted by Gasteiger charge is 2.22. The van der Waals surface area contributed by atoms with Crippen LogP contribution in [-0.2, 0) is 13.1 Å². The number of carbonyl (C=O) groups excluding carboxylic acids is 1. The minimum atomic E-state index is -0.331. The number of fused-ring (bicyclic) bond motifs is 1. The highest BCUT2D eigenvalue weighted by Crippen LogP contribution is 2.29. The summed E-state index contributed by atoms with van der Waals surface area (Å²) in [4.78, 5) is 31.9. The van der Waals surface area contributed by atoms with E-state index >= 15 is 0 Å². The van der Waals surface area contributed by atoms with Crippen molar-refractivity contribution in [3.63, 3.8) is 0 Å². The first-order valence-electron chi connectivity index (χ1n) is 9.75. The predicted molar refractivity (Wildman–Crippen MR) is 119 cm³/mol. The first kappa shape index (κ1) is 17.8. The molecule has 1 aromatic carbocycles. The summed E-state index contributed by atoms with van der Waals surface area (Å²) >= 11 is 1.45. The normalized spacial score (nSPS) is 13.1. The lowest BCUT2D eigenvalue weighted by Crippen LogP contribution is -2.32. The second kappa shape index (κ2) is 7.06. The van der Waals surface area contributed by atoms with Crippen molar-refractivity contribution in [2.75, 3.05) is 22.1 Å². The number of aromatic nitrogens is 6. The van der Waals surface area contributed by atoms with Crippen molar-refractivity contribution < 1.29 is 4.79 Å². The van der Waals surface area contributed by atoms with Crippen LogP contribution in [0.3, 0.4) is 0 Å². The van der Waals surface area contributed by atoms with Gasteiger partial charge in [-0.05, 0) is 12.1 Å². The fraction of sp³-hybridized carbons (Fsp3) is 0.150. The fourth-order valence-electron chi connectivity index (χ4n) is 3.85. The molecule has 0 bridgehead atoms. The van der Waals surface area contributed by atoms with Crippen molar-refractivity contribution in [1.82, 2.24) is 29.7 Å². The van der Waals surface area contributed by atoms with Gasteiger partial charge in [-0.25, -0.2) is 19.7 Å². The Hall–Kier alpha value is -3.99. The van der Waals surface area contributed by atoms with E-state index in [0.29, 0.717) is 11.7 Å². The quantitative estimate of drug-likeness (QED) is 0.401. The van der Waals surface area contributed by atoms with Gasteiger partial charge in [0.15, 0.2) is 10.9 Å². The second-order valence-corrected chi connectivity index (χ2v) is 8.29. The Kier molecular flexibility index (Phi) is 4.06. The van der Waals surface area contributed by atoms with E-state index in [-0.39, 0.29) is 6.03 Å². The zero-order valence-corrected chi connectivity index (χ0v) is 17.1. The Balaban J connectivity index is 1.16. The van der Waals surface area contributed by atoms with Crippen LogP contribution in [0.2, 0.25) is 0 Å². The van der Waals surface area contributed by atoms with Gasteiger partial charge in [-0.3, -0.25) is 10.00 Å². The Morgan fingerprint density at radius 1 is 1.13 bits per heavy atom.